The van der Waals surface area contributed by atoms with Crippen molar-refractivity contribution in [1.29, 1.82) is 5.26 Å². The molecule has 1 rings (SSSR count). The van der Waals surface area contributed by atoms with Crippen LogP contribution in [0.2, 0.25) is 0 Å². The molecule has 1 aliphatic rings. The largest absolute Gasteiger partial charge is 0.761 e. The molecule has 0 saturated carbocycles. The Bertz CT molecular complexity index is 269. The topological polar surface area (TPSA) is 84.6 Å². The van der Waals surface area contributed by atoms with E-state index in [2.05, 4.69) is 4.94 Å². The number of nitriles is 1. The van der Waals surface area contributed by atoms with Gasteiger partial charge in [-0.25, -0.2) is 5.87 Å². The van der Waals surface area contributed by atoms with E-state index in [0.29, 0.717) is 5.06 Å². The van der Waals surface area contributed by atoms with Gasteiger partial charge in [-0.15, -0.1) is 5.06 Å². The Balaban J connectivity index is 2.94. The molecule has 0 aromatic heterocycles. The van der Waals surface area contributed by atoms with Crippen molar-refractivity contribution >= 4 is 12.1 Å². The van der Waals surface area contributed by atoms with Crippen LogP contribution < -0.4 is 0 Å². The lowest BCUT2D eigenvalue weighted by atomic mass is 10.5. The fourth-order valence-corrected chi connectivity index (χ4v) is 0.447. The Labute approximate surface area is 55.9 Å². The van der Waals surface area contributed by atoms with Gasteiger partial charge in [0.15, 0.2) is 5.70 Å². The summed E-state index contributed by atoms with van der Waals surface area (Å²) in [6, 6.07) is 0. The van der Waals surface area contributed by atoms with Crippen LogP contribution in [0.5, 0.6) is 0 Å². The van der Waals surface area contributed by atoms with E-state index >= 15 is 0 Å². The van der Waals surface area contributed by atoms with E-state index in [9.17, 15) is 5.21 Å². The van der Waals surface area contributed by atoms with E-state index in [1.54, 1.807) is 5.87 Å². The van der Waals surface area contributed by atoms with Crippen LogP contribution in [0.3, 0.4) is 0 Å². The van der Waals surface area contributed by atoms with E-state index < -0.39 is 0 Å². The minimum Gasteiger partial charge on any atom is -0.761 e. The van der Waals surface area contributed by atoms with E-state index in [1.807, 2.05) is 0 Å². The first-order valence-corrected chi connectivity index (χ1v) is 2.24. The first-order chi connectivity index (χ1) is 4.77. The molecule has 0 aromatic rings. The van der Waals surface area contributed by atoms with E-state index in [-0.39, 0.29) is 10.6 Å². The quantitative estimate of drug-likeness (QED) is 0.252. The average Bonchev–Trinajstić information content (AvgIpc) is 2.30. The van der Waals surface area contributed by atoms with E-state index in [0.717, 1.165) is 6.21 Å². The molecular formula is C4HN4O2-. The third-order valence-electron chi connectivity index (χ3n) is 0.814. The van der Waals surface area contributed by atoms with Crippen LogP contribution >= 0.6 is 0 Å². The Morgan fingerprint density at radius 2 is 2.60 bits per heavy atom. The molecule has 0 N–H and O–H groups in total. The number of nitrogens with zero attached hydrogens (tertiary/aromatic N) is 4. The maximum Gasteiger partial charge on any atom is 0.266 e. The van der Waals surface area contributed by atoms with Crippen molar-refractivity contribution < 1.29 is 9.84 Å². The van der Waals surface area contributed by atoms with Crippen molar-refractivity contribution in [3.63, 3.8) is 0 Å². The van der Waals surface area contributed by atoms with Crippen molar-refractivity contribution in [3.05, 3.63) is 16.3 Å². The molecule has 0 fully saturated rings. The number of hydrogen-bond donors (Lipinski definition) is 0. The van der Waals surface area contributed by atoms with Crippen molar-refractivity contribution in [1.82, 2.24) is 5.06 Å². The first kappa shape index (κ1) is 6.13. The smallest absolute Gasteiger partial charge is 0.266 e. The number of allylic oxidation sites excluding steroid dienone is 1. The molecule has 0 amide bonds. The highest BCUT2D eigenvalue weighted by Gasteiger charge is 2.17. The van der Waals surface area contributed by atoms with E-state index in [1.165, 1.54) is 6.19 Å². The monoisotopic (exact) mass is 137 g/mol. The van der Waals surface area contributed by atoms with Crippen LogP contribution in [-0.2, 0) is 4.94 Å². The van der Waals surface area contributed by atoms with Gasteiger partial charge in [0.2, 0.25) is 6.19 Å². The van der Waals surface area contributed by atoms with Gasteiger partial charge in [-0.3, -0.25) is 10.1 Å². The van der Waals surface area contributed by atoms with Gasteiger partial charge in [-0.05, 0) is 0 Å². The maximum absolute atomic E-state index is 10.3. The normalized spacial score (nSPS) is 15.3. The van der Waals surface area contributed by atoms with Gasteiger partial charge in [-0.1, -0.05) is 0 Å². The summed E-state index contributed by atoms with van der Waals surface area (Å²) in [6.07, 6.45) is 2.34. The molecule has 1 aliphatic heterocycles. The molecule has 0 bridgehead atoms. The molecule has 6 heteroatoms. The van der Waals surface area contributed by atoms with Gasteiger partial charge >= 0.3 is 0 Å². The van der Waals surface area contributed by atoms with Gasteiger partial charge in [0.1, 0.15) is 0 Å². The number of hydroxylamine groups is 2. The van der Waals surface area contributed by atoms with Gasteiger partial charge in [-0.2, -0.15) is 5.26 Å². The highest BCUT2D eigenvalue weighted by molar-refractivity contribution is 5.88. The molecule has 0 unspecified atom stereocenters. The molecule has 6 nitrogen and oxygen atoms in total. The fraction of sp³-hybridized carbons (Fsp3) is 0. The third kappa shape index (κ3) is 0.769. The van der Waals surface area contributed by atoms with Crippen LogP contribution in [0.1, 0.15) is 0 Å². The zero-order valence-corrected chi connectivity index (χ0v) is 4.68. The molecule has 0 atom stereocenters. The number of rotatable bonds is 0. The lowest BCUT2D eigenvalue weighted by Gasteiger charge is -2.05. The minimum atomic E-state index is -0.127. The second-order valence-electron chi connectivity index (χ2n) is 1.39. The second-order valence-corrected chi connectivity index (χ2v) is 1.39. The highest BCUT2D eigenvalue weighted by atomic mass is 17.0. The minimum absolute atomic E-state index is 0.0295. The van der Waals surface area contributed by atoms with E-state index in [4.69, 9.17) is 10.7 Å². The summed E-state index contributed by atoms with van der Waals surface area (Å²) in [7, 11) is 0. The van der Waals surface area contributed by atoms with Crippen LogP contribution in [0, 0.1) is 16.7 Å². The van der Waals surface area contributed by atoms with Crippen molar-refractivity contribution in [2.75, 3.05) is 0 Å². The molecule has 0 spiro atoms. The molecule has 0 radical (unpaired) electrons. The Kier molecular flexibility index (Phi) is 1.28. The number of hydrogen-bond acceptors (Lipinski definition) is 4. The van der Waals surface area contributed by atoms with Crippen LogP contribution in [0.4, 0.5) is 0 Å². The molecule has 50 valence electrons. The van der Waals surface area contributed by atoms with Crippen molar-refractivity contribution in [2.45, 2.75) is 0 Å². The summed E-state index contributed by atoms with van der Waals surface area (Å²) in [4.78, 5) is 4.18. The summed E-state index contributed by atoms with van der Waals surface area (Å²) in [5, 5.41) is 27.2. The molecule has 10 heavy (non-hydrogen) atoms. The summed E-state index contributed by atoms with van der Waals surface area (Å²) in [6.45, 7) is 0. The average molecular weight is 137 g/mol. The predicted octanol–water partition coefficient (Wildman–Crippen LogP) is -0.666. The molecular weight excluding hydrogens is 136 g/mol. The summed E-state index contributed by atoms with van der Waals surface area (Å²) in [5.74, 6) is 1.59. The fourth-order valence-electron chi connectivity index (χ4n) is 0.447. The molecule has 0 aliphatic carbocycles. The first-order valence-electron chi connectivity index (χ1n) is 2.24. The van der Waals surface area contributed by atoms with Crippen molar-refractivity contribution in [3.8, 4) is 6.19 Å². The Morgan fingerprint density at radius 1 is 1.90 bits per heavy atom. The van der Waals surface area contributed by atoms with Crippen LogP contribution in [0.15, 0.2) is 5.70 Å². The molecule has 0 aromatic carbocycles. The molecule has 1 heterocycles. The predicted molar refractivity (Wildman–Crippen MR) is 30.1 cm³/mol. The SMILES string of the molecule is N#CN1O[N+]([O-])=CC1=C=[N-]. The van der Waals surface area contributed by atoms with Gasteiger partial charge < -0.3 is 5.41 Å². The zero-order valence-electron chi connectivity index (χ0n) is 4.68. The van der Waals surface area contributed by atoms with Crippen LogP contribution in [-0.4, -0.2) is 22.0 Å². The molecule has 0 saturated heterocycles. The Morgan fingerprint density at radius 3 is 3.00 bits per heavy atom. The van der Waals surface area contributed by atoms with Gasteiger partial charge in [0.25, 0.3) is 6.21 Å². The Hall–Kier alpha value is -1.99. The summed E-state index contributed by atoms with van der Waals surface area (Å²) >= 11 is 0. The highest BCUT2D eigenvalue weighted by Crippen LogP contribution is 2.03. The van der Waals surface area contributed by atoms with Gasteiger partial charge in [0.05, 0.1) is 4.90 Å². The van der Waals surface area contributed by atoms with Crippen molar-refractivity contribution in [2.24, 2.45) is 0 Å². The summed E-state index contributed by atoms with van der Waals surface area (Å²) in [5.41, 5.74) is -0.127. The standard InChI is InChI=1S/C4HN4O2/c5-1-4-2-8(9)10-7(4)3-6/h2H/q-1. The van der Waals surface area contributed by atoms with Gasteiger partial charge in [0, 0.05) is 0 Å². The third-order valence-corrected chi connectivity index (χ3v) is 0.814. The zero-order chi connectivity index (χ0) is 7.56. The second kappa shape index (κ2) is 2.09. The lowest BCUT2D eigenvalue weighted by molar-refractivity contribution is -0.771. The summed E-state index contributed by atoms with van der Waals surface area (Å²) < 4.78 is 0. The van der Waals surface area contributed by atoms with Crippen LogP contribution in [0.25, 0.3) is 5.41 Å². The maximum atomic E-state index is 10.3. The lowest BCUT2D eigenvalue weighted by Crippen LogP contribution is -2.12.